The largest absolute Gasteiger partial charge is 0.360 e. The number of nitriles is 1. The molecule has 0 fully saturated rings. The molecule has 1 amide bonds. The number of anilines is 1. The minimum absolute atomic E-state index is 0.000872. The van der Waals surface area contributed by atoms with Crippen molar-refractivity contribution in [3.63, 3.8) is 0 Å². The van der Waals surface area contributed by atoms with Gasteiger partial charge >= 0.3 is 0 Å². The predicted octanol–water partition coefficient (Wildman–Crippen LogP) is 2.21. The Morgan fingerprint density at radius 1 is 1.55 bits per heavy atom. The van der Waals surface area contributed by atoms with Gasteiger partial charge in [-0.1, -0.05) is 36.4 Å². The van der Waals surface area contributed by atoms with Crippen molar-refractivity contribution in [2.24, 2.45) is 0 Å². The molecule has 1 aromatic rings. The highest BCUT2D eigenvalue weighted by Crippen LogP contribution is 2.25. The third kappa shape index (κ3) is 6.21. The molecule has 0 aromatic carbocycles. The highest BCUT2D eigenvalue weighted by Gasteiger charge is 2.11. The SMILES string of the molecule is CCCCNc1nnc(SCC(=O)N(C)CCC#N)s1. The van der Waals surface area contributed by atoms with Crippen LogP contribution in [0.3, 0.4) is 0 Å². The Labute approximate surface area is 127 Å². The average Bonchev–Trinajstić information content (AvgIpc) is 2.90. The summed E-state index contributed by atoms with van der Waals surface area (Å²) in [6.45, 7) is 3.50. The number of nitrogens with one attached hydrogen (secondary N) is 1. The molecule has 110 valence electrons. The van der Waals surface area contributed by atoms with Crippen LogP contribution in [0.2, 0.25) is 0 Å². The van der Waals surface area contributed by atoms with Gasteiger partial charge in [0.05, 0.1) is 18.2 Å². The van der Waals surface area contributed by atoms with Gasteiger partial charge < -0.3 is 10.2 Å². The summed E-state index contributed by atoms with van der Waals surface area (Å²) in [5, 5.41) is 20.5. The highest BCUT2D eigenvalue weighted by atomic mass is 32.2. The molecule has 20 heavy (non-hydrogen) atoms. The summed E-state index contributed by atoms with van der Waals surface area (Å²) in [7, 11) is 1.71. The summed E-state index contributed by atoms with van der Waals surface area (Å²) < 4.78 is 0.783. The Bertz CT molecular complexity index is 457. The van der Waals surface area contributed by atoms with Crippen molar-refractivity contribution < 1.29 is 4.79 Å². The molecule has 0 saturated carbocycles. The van der Waals surface area contributed by atoms with Crippen LogP contribution in [-0.4, -0.2) is 46.9 Å². The third-order valence-electron chi connectivity index (χ3n) is 2.52. The van der Waals surface area contributed by atoms with Crippen molar-refractivity contribution in [3.05, 3.63) is 0 Å². The van der Waals surface area contributed by atoms with Gasteiger partial charge in [-0.3, -0.25) is 4.79 Å². The first-order valence-corrected chi connectivity index (χ1v) is 8.28. The lowest BCUT2D eigenvalue weighted by molar-refractivity contribution is -0.127. The monoisotopic (exact) mass is 313 g/mol. The number of carbonyl (C=O) groups is 1. The van der Waals surface area contributed by atoms with Gasteiger partial charge in [0.1, 0.15) is 0 Å². The van der Waals surface area contributed by atoms with Gasteiger partial charge in [0.25, 0.3) is 0 Å². The Balaban J connectivity index is 2.31. The molecule has 0 aliphatic rings. The molecule has 0 bridgehead atoms. The second kappa shape index (κ2) is 9.55. The van der Waals surface area contributed by atoms with Crippen LogP contribution in [0.15, 0.2) is 4.34 Å². The molecule has 0 aliphatic carbocycles. The standard InChI is InChI=1S/C12H19N5OS2/c1-3-4-7-14-11-15-16-12(20-11)19-9-10(18)17(2)8-5-6-13/h3-5,7-9H2,1-2H3,(H,14,15). The number of amides is 1. The molecular weight excluding hydrogens is 294 g/mol. The maximum atomic E-state index is 11.8. The number of thioether (sulfide) groups is 1. The first-order chi connectivity index (χ1) is 9.67. The lowest BCUT2D eigenvalue weighted by Gasteiger charge is -2.14. The number of hydrogen-bond acceptors (Lipinski definition) is 7. The molecule has 8 heteroatoms. The summed E-state index contributed by atoms with van der Waals surface area (Å²) in [6, 6.07) is 2.03. The molecule has 6 nitrogen and oxygen atoms in total. The molecule has 1 heterocycles. The van der Waals surface area contributed by atoms with Crippen molar-refractivity contribution in [2.75, 3.05) is 31.2 Å². The molecule has 1 rings (SSSR count). The summed E-state index contributed by atoms with van der Waals surface area (Å²) in [4.78, 5) is 13.3. The lowest BCUT2D eigenvalue weighted by Crippen LogP contribution is -2.29. The first kappa shape index (κ1) is 16.7. The number of unbranched alkanes of at least 4 members (excludes halogenated alkanes) is 1. The van der Waals surface area contributed by atoms with Crippen molar-refractivity contribution in [1.82, 2.24) is 15.1 Å². The summed E-state index contributed by atoms with van der Waals surface area (Å²) in [5.41, 5.74) is 0. The van der Waals surface area contributed by atoms with Gasteiger partial charge in [0.15, 0.2) is 4.34 Å². The first-order valence-electron chi connectivity index (χ1n) is 6.48. The van der Waals surface area contributed by atoms with Crippen LogP contribution in [0.5, 0.6) is 0 Å². The lowest BCUT2D eigenvalue weighted by atomic mass is 10.3. The molecule has 0 aliphatic heterocycles. The maximum Gasteiger partial charge on any atom is 0.232 e. The fraction of sp³-hybridized carbons (Fsp3) is 0.667. The topological polar surface area (TPSA) is 81.9 Å². The zero-order chi connectivity index (χ0) is 14.8. The van der Waals surface area contributed by atoms with Gasteiger partial charge in [-0.05, 0) is 6.42 Å². The molecular formula is C12H19N5OS2. The minimum atomic E-state index is 0.000872. The van der Waals surface area contributed by atoms with E-state index in [0.717, 1.165) is 28.9 Å². The Kier molecular flexibility index (Phi) is 7.99. The molecule has 1 aromatic heterocycles. The second-order valence-electron chi connectivity index (χ2n) is 4.17. The van der Waals surface area contributed by atoms with Gasteiger partial charge in [0.2, 0.25) is 11.0 Å². The van der Waals surface area contributed by atoms with Crippen LogP contribution in [0.25, 0.3) is 0 Å². The Morgan fingerprint density at radius 3 is 3.05 bits per heavy atom. The number of rotatable bonds is 9. The summed E-state index contributed by atoms with van der Waals surface area (Å²) in [6.07, 6.45) is 2.60. The van der Waals surface area contributed by atoms with E-state index in [-0.39, 0.29) is 5.91 Å². The van der Waals surface area contributed by atoms with E-state index in [2.05, 4.69) is 22.4 Å². The van der Waals surface area contributed by atoms with E-state index in [4.69, 9.17) is 5.26 Å². The van der Waals surface area contributed by atoms with Crippen molar-refractivity contribution in [1.29, 1.82) is 5.26 Å². The van der Waals surface area contributed by atoms with Crippen molar-refractivity contribution >= 4 is 34.1 Å². The van der Waals surface area contributed by atoms with Gasteiger partial charge in [-0.25, -0.2) is 0 Å². The van der Waals surface area contributed by atoms with Crippen LogP contribution in [0.1, 0.15) is 26.2 Å². The Hall–Kier alpha value is -1.33. The van der Waals surface area contributed by atoms with Gasteiger partial charge in [-0.15, -0.1) is 10.2 Å². The number of nitrogens with zero attached hydrogens (tertiary/aromatic N) is 4. The molecule has 0 saturated heterocycles. The quantitative estimate of drug-likeness (QED) is 0.556. The van der Waals surface area contributed by atoms with E-state index in [9.17, 15) is 4.79 Å². The van der Waals surface area contributed by atoms with Crippen LogP contribution >= 0.6 is 23.1 Å². The van der Waals surface area contributed by atoms with Crippen LogP contribution in [-0.2, 0) is 4.79 Å². The van der Waals surface area contributed by atoms with E-state index in [1.54, 1.807) is 11.9 Å². The fourth-order valence-electron chi connectivity index (χ4n) is 1.29. The van der Waals surface area contributed by atoms with E-state index < -0.39 is 0 Å². The number of carbonyl (C=O) groups excluding carboxylic acids is 1. The number of aromatic nitrogens is 2. The predicted molar refractivity (Wildman–Crippen MR) is 81.9 cm³/mol. The van der Waals surface area contributed by atoms with E-state index in [1.807, 2.05) is 6.07 Å². The molecule has 0 radical (unpaired) electrons. The van der Waals surface area contributed by atoms with Crippen molar-refractivity contribution in [3.8, 4) is 6.07 Å². The third-order valence-corrected chi connectivity index (χ3v) is 4.52. The molecule has 0 unspecified atom stereocenters. The fourth-order valence-corrected chi connectivity index (χ4v) is 3.01. The molecule has 1 N–H and O–H groups in total. The zero-order valence-electron chi connectivity index (χ0n) is 11.8. The van der Waals surface area contributed by atoms with Gasteiger partial charge in [0, 0.05) is 20.1 Å². The van der Waals surface area contributed by atoms with E-state index in [1.165, 1.54) is 23.1 Å². The second-order valence-corrected chi connectivity index (χ2v) is 6.37. The zero-order valence-corrected chi connectivity index (χ0v) is 13.4. The van der Waals surface area contributed by atoms with E-state index in [0.29, 0.717) is 18.7 Å². The van der Waals surface area contributed by atoms with Gasteiger partial charge in [-0.2, -0.15) is 5.26 Å². The molecule has 0 atom stereocenters. The average molecular weight is 313 g/mol. The smallest absolute Gasteiger partial charge is 0.232 e. The number of hydrogen-bond donors (Lipinski definition) is 1. The van der Waals surface area contributed by atoms with Crippen LogP contribution in [0.4, 0.5) is 5.13 Å². The Morgan fingerprint density at radius 2 is 2.35 bits per heavy atom. The van der Waals surface area contributed by atoms with Crippen molar-refractivity contribution in [2.45, 2.75) is 30.5 Å². The highest BCUT2D eigenvalue weighted by molar-refractivity contribution is 8.01. The van der Waals surface area contributed by atoms with E-state index >= 15 is 0 Å². The normalized spacial score (nSPS) is 10.1. The minimum Gasteiger partial charge on any atom is -0.360 e. The summed E-state index contributed by atoms with van der Waals surface area (Å²) >= 11 is 2.84. The maximum absolute atomic E-state index is 11.8. The van der Waals surface area contributed by atoms with Crippen LogP contribution < -0.4 is 5.32 Å². The van der Waals surface area contributed by atoms with Crippen LogP contribution in [0, 0.1) is 11.3 Å². The summed E-state index contributed by atoms with van der Waals surface area (Å²) in [5.74, 6) is 0.326. The molecule has 0 spiro atoms.